The topological polar surface area (TPSA) is 61.5 Å². The van der Waals surface area contributed by atoms with Gasteiger partial charge in [-0.25, -0.2) is 4.39 Å². The molecule has 0 aliphatic carbocycles. The highest BCUT2D eigenvalue weighted by Crippen LogP contribution is 2.37. The van der Waals surface area contributed by atoms with Crippen LogP contribution in [0.2, 0.25) is 0 Å². The number of Topliss-reactive ketones (excluding diaryl/α,β-unsaturated/α-hetero) is 1. The molecule has 1 aromatic rings. The first-order valence-corrected chi connectivity index (χ1v) is 5.19. The van der Waals surface area contributed by atoms with Crippen molar-refractivity contribution in [2.24, 2.45) is 5.73 Å². The van der Waals surface area contributed by atoms with Gasteiger partial charge in [-0.1, -0.05) is 0 Å². The Balaban J connectivity index is 3.53. The lowest BCUT2D eigenvalue weighted by Crippen LogP contribution is -2.17. The van der Waals surface area contributed by atoms with Gasteiger partial charge in [0.05, 0.1) is 25.2 Å². The molecule has 0 saturated carbocycles. The number of nitrogens with two attached hydrogens (primary N) is 1. The van der Waals surface area contributed by atoms with Crippen molar-refractivity contribution in [2.45, 2.75) is 0 Å². The normalized spacial score (nSPS) is 10.1. The first-order chi connectivity index (χ1) is 7.56. The van der Waals surface area contributed by atoms with Gasteiger partial charge in [-0.05, 0) is 15.9 Å². The quantitative estimate of drug-likeness (QED) is 0.859. The van der Waals surface area contributed by atoms with Crippen LogP contribution in [0.4, 0.5) is 4.39 Å². The predicted octanol–water partition coefficient (Wildman–Crippen LogP) is 1.75. The Morgan fingerprint density at radius 1 is 1.50 bits per heavy atom. The van der Waals surface area contributed by atoms with Gasteiger partial charge in [0.1, 0.15) is 5.56 Å². The number of ether oxygens (including phenoxy) is 2. The Kier molecular flexibility index (Phi) is 4.26. The minimum absolute atomic E-state index is 0.0543. The van der Waals surface area contributed by atoms with Gasteiger partial charge >= 0.3 is 0 Å². The van der Waals surface area contributed by atoms with Gasteiger partial charge in [-0.3, -0.25) is 4.79 Å². The molecule has 0 atom stereocenters. The molecule has 0 saturated heterocycles. The van der Waals surface area contributed by atoms with Crippen LogP contribution in [0.5, 0.6) is 11.5 Å². The van der Waals surface area contributed by atoms with Gasteiger partial charge in [0.25, 0.3) is 0 Å². The summed E-state index contributed by atoms with van der Waals surface area (Å²) in [5.41, 5.74) is 5.01. The monoisotopic (exact) mass is 291 g/mol. The Hall–Kier alpha value is -1.14. The largest absolute Gasteiger partial charge is 0.493 e. The van der Waals surface area contributed by atoms with Crippen LogP contribution < -0.4 is 15.2 Å². The molecule has 0 aromatic heterocycles. The van der Waals surface area contributed by atoms with Crippen LogP contribution in [0.1, 0.15) is 10.4 Å². The highest BCUT2D eigenvalue weighted by atomic mass is 79.9. The number of carbonyl (C=O) groups excluding carboxylic acids is 1. The van der Waals surface area contributed by atoms with E-state index in [9.17, 15) is 9.18 Å². The van der Waals surface area contributed by atoms with E-state index in [-0.39, 0.29) is 28.1 Å². The Morgan fingerprint density at radius 2 is 2.12 bits per heavy atom. The van der Waals surface area contributed by atoms with Crippen molar-refractivity contribution >= 4 is 21.7 Å². The zero-order valence-corrected chi connectivity index (χ0v) is 10.4. The Morgan fingerprint density at radius 3 is 2.56 bits per heavy atom. The van der Waals surface area contributed by atoms with E-state index < -0.39 is 11.6 Å². The van der Waals surface area contributed by atoms with Gasteiger partial charge in [0.15, 0.2) is 23.1 Å². The van der Waals surface area contributed by atoms with Gasteiger partial charge in [-0.15, -0.1) is 0 Å². The van der Waals surface area contributed by atoms with Gasteiger partial charge in [0, 0.05) is 6.07 Å². The number of ketones is 1. The lowest BCUT2D eigenvalue weighted by molar-refractivity contribution is 0.0993. The van der Waals surface area contributed by atoms with Crippen molar-refractivity contribution in [1.29, 1.82) is 0 Å². The number of rotatable bonds is 4. The number of hydrogen-bond acceptors (Lipinski definition) is 4. The van der Waals surface area contributed by atoms with E-state index in [1.807, 2.05) is 0 Å². The fourth-order valence-electron chi connectivity index (χ4n) is 1.29. The summed E-state index contributed by atoms with van der Waals surface area (Å²) in [6.07, 6.45) is 0. The molecule has 0 aliphatic rings. The van der Waals surface area contributed by atoms with Crippen molar-refractivity contribution in [1.82, 2.24) is 0 Å². The van der Waals surface area contributed by atoms with E-state index >= 15 is 0 Å². The molecule has 0 heterocycles. The summed E-state index contributed by atoms with van der Waals surface area (Å²) < 4.78 is 23.8. The minimum Gasteiger partial charge on any atom is -0.493 e. The Bertz CT molecular complexity index is 423. The smallest absolute Gasteiger partial charge is 0.183 e. The maximum atomic E-state index is 13.7. The second kappa shape index (κ2) is 5.27. The molecule has 0 unspecified atom stereocenters. The molecule has 0 amide bonds. The highest BCUT2D eigenvalue weighted by Gasteiger charge is 2.23. The third-order valence-electron chi connectivity index (χ3n) is 2.03. The molecule has 0 radical (unpaired) electrons. The SMILES string of the molecule is COc1cc(Br)c(F)c(C(=O)CN)c1OC. The lowest BCUT2D eigenvalue weighted by atomic mass is 10.1. The second-order valence-electron chi connectivity index (χ2n) is 2.91. The Labute approximate surface area is 101 Å². The van der Waals surface area contributed by atoms with Crippen molar-refractivity contribution < 1.29 is 18.7 Å². The van der Waals surface area contributed by atoms with Crippen LogP contribution in [0.25, 0.3) is 0 Å². The summed E-state index contributed by atoms with van der Waals surface area (Å²) in [5.74, 6) is -0.923. The van der Waals surface area contributed by atoms with Gasteiger partial charge in [-0.2, -0.15) is 0 Å². The van der Waals surface area contributed by atoms with Crippen LogP contribution in [0, 0.1) is 5.82 Å². The zero-order valence-electron chi connectivity index (χ0n) is 8.84. The molecule has 0 spiro atoms. The van der Waals surface area contributed by atoms with E-state index in [0.717, 1.165) is 0 Å². The third-order valence-corrected chi connectivity index (χ3v) is 2.60. The van der Waals surface area contributed by atoms with Crippen molar-refractivity contribution in [3.8, 4) is 11.5 Å². The van der Waals surface area contributed by atoms with E-state index in [1.165, 1.54) is 20.3 Å². The molecule has 1 rings (SSSR count). The third kappa shape index (κ3) is 2.17. The number of methoxy groups -OCH3 is 2. The highest BCUT2D eigenvalue weighted by molar-refractivity contribution is 9.10. The summed E-state index contributed by atoms with van der Waals surface area (Å²) >= 11 is 2.99. The van der Waals surface area contributed by atoms with Gasteiger partial charge < -0.3 is 15.2 Å². The molecule has 0 aliphatic heterocycles. The maximum Gasteiger partial charge on any atom is 0.183 e. The first-order valence-electron chi connectivity index (χ1n) is 4.40. The maximum absolute atomic E-state index is 13.7. The summed E-state index contributed by atoms with van der Waals surface area (Å²) in [6, 6.07) is 1.39. The molecule has 2 N–H and O–H groups in total. The molecule has 88 valence electrons. The molecule has 1 aromatic carbocycles. The molecule has 6 heteroatoms. The van der Waals surface area contributed by atoms with E-state index in [2.05, 4.69) is 15.9 Å². The average molecular weight is 292 g/mol. The number of carbonyl (C=O) groups is 1. The summed E-state index contributed by atoms with van der Waals surface area (Å²) in [6.45, 7) is -0.299. The molecule has 0 fully saturated rings. The molecular formula is C10H11BrFNO3. The first kappa shape index (κ1) is 12.9. The lowest BCUT2D eigenvalue weighted by Gasteiger charge is -2.13. The number of hydrogen-bond donors (Lipinski definition) is 1. The minimum atomic E-state index is -0.701. The van der Waals surface area contributed by atoms with Crippen LogP contribution in [0.15, 0.2) is 10.5 Å². The number of benzene rings is 1. The van der Waals surface area contributed by atoms with Crippen LogP contribution in [-0.4, -0.2) is 26.5 Å². The molecule has 4 nitrogen and oxygen atoms in total. The molecule has 0 bridgehead atoms. The van der Waals surface area contributed by atoms with Crippen LogP contribution in [-0.2, 0) is 0 Å². The zero-order chi connectivity index (χ0) is 12.3. The van der Waals surface area contributed by atoms with Crippen LogP contribution in [0.3, 0.4) is 0 Å². The summed E-state index contributed by atoms with van der Waals surface area (Å²) in [5, 5.41) is 0. The van der Waals surface area contributed by atoms with E-state index in [1.54, 1.807) is 0 Å². The van der Waals surface area contributed by atoms with Crippen molar-refractivity contribution in [3.63, 3.8) is 0 Å². The number of halogens is 2. The molecule has 16 heavy (non-hydrogen) atoms. The fourth-order valence-corrected chi connectivity index (χ4v) is 1.70. The summed E-state index contributed by atoms with van der Waals surface area (Å²) in [7, 11) is 2.73. The second-order valence-corrected chi connectivity index (χ2v) is 3.76. The standard InChI is InChI=1S/C10H11BrFNO3/c1-15-7-3-5(11)9(12)8(6(14)4-13)10(7)16-2/h3H,4,13H2,1-2H3. The van der Waals surface area contributed by atoms with E-state index in [4.69, 9.17) is 15.2 Å². The van der Waals surface area contributed by atoms with E-state index in [0.29, 0.717) is 0 Å². The van der Waals surface area contributed by atoms with Crippen LogP contribution >= 0.6 is 15.9 Å². The van der Waals surface area contributed by atoms with Gasteiger partial charge in [0.2, 0.25) is 0 Å². The molecular weight excluding hydrogens is 281 g/mol. The summed E-state index contributed by atoms with van der Waals surface area (Å²) in [4.78, 5) is 11.5. The van der Waals surface area contributed by atoms with Crippen molar-refractivity contribution in [2.75, 3.05) is 20.8 Å². The fraction of sp³-hybridized carbons (Fsp3) is 0.300. The van der Waals surface area contributed by atoms with Crippen molar-refractivity contribution in [3.05, 3.63) is 21.9 Å². The predicted molar refractivity (Wildman–Crippen MR) is 60.6 cm³/mol. The average Bonchev–Trinajstić information content (AvgIpc) is 2.30.